The minimum absolute atomic E-state index is 0. The molecule has 1 aliphatic rings. The smallest absolute Gasteiger partial charge is 0.194 e. The minimum Gasteiger partial charge on any atom is -0.385 e. The third kappa shape index (κ3) is 9.37. The van der Waals surface area contributed by atoms with Crippen molar-refractivity contribution in [1.82, 2.24) is 15.2 Å². The highest BCUT2D eigenvalue weighted by atomic mass is 127. The normalized spacial score (nSPS) is 15.8. The van der Waals surface area contributed by atoms with Crippen molar-refractivity contribution in [2.75, 3.05) is 40.0 Å². The van der Waals surface area contributed by atoms with Crippen LogP contribution < -0.4 is 5.32 Å². The Morgan fingerprint density at radius 1 is 1.36 bits per heavy atom. The zero-order valence-electron chi connectivity index (χ0n) is 17.8. The number of thiazole rings is 1. The van der Waals surface area contributed by atoms with E-state index in [9.17, 15) is 0 Å². The maximum absolute atomic E-state index is 5.96. The van der Waals surface area contributed by atoms with Crippen LogP contribution in [0, 0.1) is 5.92 Å². The maximum atomic E-state index is 5.96. The standard InChI is InChI=1S/C20H36N4O2S.HI/c1-5-21-20(23-15-18-14-22-19(27-18)13-16(2)3)24-9-7-17(8-10-24)26-12-6-11-25-4;/h14,16-17H,5-13,15H2,1-4H3,(H,21,23);1H. The van der Waals surface area contributed by atoms with E-state index in [-0.39, 0.29) is 24.0 Å². The van der Waals surface area contributed by atoms with Gasteiger partial charge in [-0.1, -0.05) is 13.8 Å². The molecule has 1 aliphatic heterocycles. The molecule has 1 saturated heterocycles. The van der Waals surface area contributed by atoms with Crippen LogP contribution in [0.4, 0.5) is 0 Å². The molecule has 28 heavy (non-hydrogen) atoms. The van der Waals surface area contributed by atoms with Crippen molar-refractivity contribution in [1.29, 1.82) is 0 Å². The SMILES string of the molecule is CCNC(=NCc1cnc(CC(C)C)s1)N1CCC(OCCCOC)CC1.I. The van der Waals surface area contributed by atoms with E-state index in [0.29, 0.717) is 18.6 Å². The zero-order valence-corrected chi connectivity index (χ0v) is 20.9. The van der Waals surface area contributed by atoms with Crippen molar-refractivity contribution in [2.45, 2.75) is 59.1 Å². The van der Waals surface area contributed by atoms with Gasteiger partial charge in [0, 0.05) is 57.5 Å². The second kappa shape index (κ2) is 14.5. The fraction of sp³-hybridized carbons (Fsp3) is 0.800. The van der Waals surface area contributed by atoms with Crippen molar-refractivity contribution in [3.63, 3.8) is 0 Å². The lowest BCUT2D eigenvalue weighted by Crippen LogP contribution is -2.47. The van der Waals surface area contributed by atoms with Gasteiger partial charge in [-0.15, -0.1) is 35.3 Å². The summed E-state index contributed by atoms with van der Waals surface area (Å²) in [5.74, 6) is 1.65. The molecule has 0 aromatic carbocycles. The number of hydrogen-bond donors (Lipinski definition) is 1. The van der Waals surface area contributed by atoms with Gasteiger partial charge in [0.2, 0.25) is 0 Å². The minimum atomic E-state index is 0. The Morgan fingerprint density at radius 2 is 2.11 bits per heavy atom. The summed E-state index contributed by atoms with van der Waals surface area (Å²) in [5, 5.41) is 4.65. The molecular formula is C20H37IN4O2S. The number of nitrogens with zero attached hydrogens (tertiary/aromatic N) is 3. The lowest BCUT2D eigenvalue weighted by Gasteiger charge is -2.34. The van der Waals surface area contributed by atoms with E-state index < -0.39 is 0 Å². The molecule has 1 aromatic heterocycles. The summed E-state index contributed by atoms with van der Waals surface area (Å²) in [6, 6.07) is 0. The molecule has 0 bridgehead atoms. The zero-order chi connectivity index (χ0) is 19.5. The number of hydrogen-bond acceptors (Lipinski definition) is 5. The van der Waals surface area contributed by atoms with E-state index in [1.54, 1.807) is 18.4 Å². The average molecular weight is 525 g/mol. The molecule has 0 atom stereocenters. The van der Waals surface area contributed by atoms with Crippen LogP contribution in [0.5, 0.6) is 0 Å². The number of halogens is 1. The monoisotopic (exact) mass is 524 g/mol. The topological polar surface area (TPSA) is 59.0 Å². The quantitative estimate of drug-likeness (QED) is 0.218. The van der Waals surface area contributed by atoms with E-state index in [1.165, 1.54) is 9.88 Å². The van der Waals surface area contributed by atoms with Gasteiger partial charge in [0.1, 0.15) is 0 Å². The molecule has 0 saturated carbocycles. The maximum Gasteiger partial charge on any atom is 0.194 e. The molecular weight excluding hydrogens is 487 g/mol. The van der Waals surface area contributed by atoms with Crippen molar-refractivity contribution >= 4 is 41.3 Å². The number of ether oxygens (including phenoxy) is 2. The molecule has 2 heterocycles. The predicted octanol–water partition coefficient (Wildman–Crippen LogP) is 3.94. The molecule has 1 fully saturated rings. The van der Waals surface area contributed by atoms with Gasteiger partial charge in [0.25, 0.3) is 0 Å². The molecule has 8 heteroatoms. The third-order valence-corrected chi connectivity index (χ3v) is 5.50. The lowest BCUT2D eigenvalue weighted by molar-refractivity contribution is 0.00990. The van der Waals surface area contributed by atoms with E-state index in [1.807, 2.05) is 6.20 Å². The summed E-state index contributed by atoms with van der Waals surface area (Å²) in [4.78, 5) is 13.0. The highest BCUT2D eigenvalue weighted by molar-refractivity contribution is 14.0. The highest BCUT2D eigenvalue weighted by Gasteiger charge is 2.21. The number of likely N-dealkylation sites (tertiary alicyclic amines) is 1. The molecule has 0 radical (unpaired) electrons. The van der Waals surface area contributed by atoms with Crippen molar-refractivity contribution in [3.05, 3.63) is 16.1 Å². The van der Waals surface area contributed by atoms with Crippen LogP contribution in [0.15, 0.2) is 11.2 Å². The molecule has 0 amide bonds. The Kier molecular flexibility index (Phi) is 13.3. The van der Waals surface area contributed by atoms with Crippen LogP contribution in [0.3, 0.4) is 0 Å². The van der Waals surface area contributed by atoms with Gasteiger partial charge in [0.05, 0.1) is 17.7 Å². The van der Waals surface area contributed by atoms with Crippen LogP contribution in [0.25, 0.3) is 0 Å². The summed E-state index contributed by atoms with van der Waals surface area (Å²) in [7, 11) is 1.73. The van der Waals surface area contributed by atoms with Crippen molar-refractivity contribution in [3.8, 4) is 0 Å². The number of methoxy groups -OCH3 is 1. The second-order valence-electron chi connectivity index (χ2n) is 7.39. The summed E-state index contributed by atoms with van der Waals surface area (Å²) < 4.78 is 11.0. The fourth-order valence-electron chi connectivity index (χ4n) is 3.13. The van der Waals surface area contributed by atoms with Crippen LogP contribution in [-0.2, 0) is 22.4 Å². The average Bonchev–Trinajstić information content (AvgIpc) is 3.09. The summed E-state index contributed by atoms with van der Waals surface area (Å²) in [6.45, 7) is 11.7. The molecule has 162 valence electrons. The van der Waals surface area contributed by atoms with Gasteiger partial charge < -0.3 is 19.7 Å². The van der Waals surface area contributed by atoms with Crippen molar-refractivity contribution < 1.29 is 9.47 Å². The highest BCUT2D eigenvalue weighted by Crippen LogP contribution is 2.18. The molecule has 6 nitrogen and oxygen atoms in total. The van der Waals surface area contributed by atoms with Gasteiger partial charge in [-0.25, -0.2) is 9.98 Å². The molecule has 0 unspecified atom stereocenters. The number of nitrogens with one attached hydrogen (secondary N) is 1. The van der Waals surface area contributed by atoms with Gasteiger partial charge in [-0.3, -0.25) is 0 Å². The molecule has 0 spiro atoms. The first-order chi connectivity index (χ1) is 13.1. The number of piperidine rings is 1. The third-order valence-electron chi connectivity index (χ3n) is 4.49. The first kappa shape index (κ1) is 25.6. The Morgan fingerprint density at radius 3 is 2.75 bits per heavy atom. The number of rotatable bonds is 10. The van der Waals surface area contributed by atoms with Crippen LogP contribution in [0.1, 0.15) is 49.9 Å². The van der Waals surface area contributed by atoms with Gasteiger partial charge in [-0.2, -0.15) is 0 Å². The Balaban J connectivity index is 0.00000392. The predicted molar refractivity (Wildman–Crippen MR) is 128 cm³/mol. The largest absolute Gasteiger partial charge is 0.385 e. The first-order valence-corrected chi connectivity index (χ1v) is 11.0. The molecule has 2 rings (SSSR count). The van der Waals surface area contributed by atoms with Gasteiger partial charge in [0.15, 0.2) is 5.96 Å². The van der Waals surface area contributed by atoms with Gasteiger partial charge in [-0.05, 0) is 32.1 Å². The summed E-state index contributed by atoms with van der Waals surface area (Å²) in [6.07, 6.45) is 6.46. The van der Waals surface area contributed by atoms with E-state index >= 15 is 0 Å². The molecule has 1 N–H and O–H groups in total. The fourth-order valence-corrected chi connectivity index (χ4v) is 4.19. The Bertz CT molecular complexity index is 560. The van der Waals surface area contributed by atoms with Crippen LogP contribution in [-0.4, -0.2) is 61.9 Å². The number of aromatic nitrogens is 1. The van der Waals surface area contributed by atoms with E-state index in [0.717, 1.165) is 64.5 Å². The van der Waals surface area contributed by atoms with Crippen molar-refractivity contribution in [2.24, 2.45) is 10.9 Å². The summed E-state index contributed by atoms with van der Waals surface area (Å²) in [5.41, 5.74) is 0. The first-order valence-electron chi connectivity index (χ1n) is 10.2. The lowest BCUT2D eigenvalue weighted by atomic mass is 10.1. The number of aliphatic imine (C=N–C) groups is 1. The van der Waals surface area contributed by atoms with Crippen LogP contribution in [0.2, 0.25) is 0 Å². The molecule has 0 aliphatic carbocycles. The molecule has 1 aromatic rings. The van der Waals surface area contributed by atoms with E-state index in [2.05, 4.69) is 36.0 Å². The second-order valence-corrected chi connectivity index (χ2v) is 8.59. The summed E-state index contributed by atoms with van der Waals surface area (Å²) >= 11 is 1.79. The van der Waals surface area contributed by atoms with Gasteiger partial charge >= 0.3 is 0 Å². The Labute approximate surface area is 191 Å². The van der Waals surface area contributed by atoms with Crippen LogP contribution >= 0.6 is 35.3 Å². The number of guanidine groups is 1. The Hall–Kier alpha value is -0.450. The van der Waals surface area contributed by atoms with E-state index in [4.69, 9.17) is 14.5 Å².